The molecule has 1 radical (unpaired) electrons. The van der Waals surface area contributed by atoms with Gasteiger partial charge >= 0.3 is 0 Å². The number of allylic oxidation sites excluding steroid dienone is 1. The molecule has 0 heterocycles. The number of aryl methyl sites for hydroxylation is 1. The van der Waals surface area contributed by atoms with Crippen molar-refractivity contribution >= 4 is 5.69 Å². The van der Waals surface area contributed by atoms with Crippen molar-refractivity contribution in [1.29, 1.82) is 0 Å². The fourth-order valence-electron chi connectivity index (χ4n) is 1.23. The topological polar surface area (TPSA) is 43.1 Å². The Bertz CT molecular complexity index is 372. The van der Waals surface area contributed by atoms with E-state index in [1.807, 2.05) is 13.8 Å². The molecule has 0 N–H and O–H groups in total. The lowest BCUT2D eigenvalue weighted by Crippen LogP contribution is -1.98. The fraction of sp³-hybridized carbons (Fsp3) is 0.182. The van der Waals surface area contributed by atoms with E-state index >= 15 is 0 Å². The summed E-state index contributed by atoms with van der Waals surface area (Å²) in [4.78, 5) is 10.3. The predicted octanol–water partition coefficient (Wildman–Crippen LogP) is 3.03. The van der Waals surface area contributed by atoms with Gasteiger partial charge in [0, 0.05) is 17.5 Å². The van der Waals surface area contributed by atoms with E-state index in [-0.39, 0.29) is 10.6 Å². The number of benzene rings is 1. The predicted molar refractivity (Wildman–Crippen MR) is 56.0 cm³/mol. The first-order chi connectivity index (χ1) is 6.56. The molecule has 0 amide bonds. The van der Waals surface area contributed by atoms with Crippen LogP contribution in [0.4, 0.5) is 5.69 Å². The van der Waals surface area contributed by atoms with E-state index in [9.17, 15) is 10.1 Å². The summed E-state index contributed by atoms with van der Waals surface area (Å²) in [6.45, 7) is 7.33. The quantitative estimate of drug-likeness (QED) is 0.543. The maximum atomic E-state index is 10.7. The third kappa shape index (κ3) is 1.99. The lowest BCUT2D eigenvalue weighted by Gasteiger charge is -2.07. The third-order valence-electron chi connectivity index (χ3n) is 2.08. The van der Waals surface area contributed by atoms with Crippen LogP contribution in [0.2, 0.25) is 0 Å². The number of nitro groups is 1. The van der Waals surface area contributed by atoms with Crippen LogP contribution in [0, 0.1) is 23.0 Å². The molecular weight excluding hydrogens is 178 g/mol. The zero-order valence-electron chi connectivity index (χ0n) is 8.28. The molecule has 0 saturated heterocycles. The van der Waals surface area contributed by atoms with Crippen molar-refractivity contribution in [3.8, 4) is 0 Å². The summed E-state index contributed by atoms with van der Waals surface area (Å²) in [5.74, 6) is 0.820. The molecule has 0 aliphatic heterocycles. The molecule has 1 aromatic rings. The second-order valence-corrected chi connectivity index (χ2v) is 3.16. The summed E-state index contributed by atoms with van der Waals surface area (Å²) < 4.78 is 0. The Balaban J connectivity index is 3.29. The van der Waals surface area contributed by atoms with Gasteiger partial charge in [-0.15, -0.1) is 6.58 Å². The van der Waals surface area contributed by atoms with Crippen LogP contribution >= 0.6 is 0 Å². The van der Waals surface area contributed by atoms with Gasteiger partial charge in [0.15, 0.2) is 0 Å². The van der Waals surface area contributed by atoms with Crippen LogP contribution in [0.1, 0.15) is 18.1 Å². The molecule has 0 bridgehead atoms. The summed E-state index contributed by atoms with van der Waals surface area (Å²) in [5.41, 5.74) is 1.78. The monoisotopic (exact) mass is 190 g/mol. The summed E-state index contributed by atoms with van der Waals surface area (Å²) >= 11 is 0. The molecule has 0 spiro atoms. The van der Waals surface area contributed by atoms with Gasteiger partial charge in [0.2, 0.25) is 0 Å². The van der Waals surface area contributed by atoms with E-state index in [4.69, 9.17) is 0 Å². The molecule has 3 nitrogen and oxygen atoms in total. The number of hydrogen-bond acceptors (Lipinski definition) is 2. The van der Waals surface area contributed by atoms with E-state index in [1.165, 1.54) is 6.07 Å². The molecule has 1 rings (SSSR count). The summed E-state index contributed by atoms with van der Waals surface area (Å²) in [6, 6.07) is 5.06. The largest absolute Gasteiger partial charge is 0.273 e. The summed E-state index contributed by atoms with van der Waals surface area (Å²) in [5, 5.41) is 10.7. The number of hydrogen-bond donors (Lipinski definition) is 0. The van der Waals surface area contributed by atoms with E-state index in [1.54, 1.807) is 18.2 Å². The zero-order valence-corrected chi connectivity index (χ0v) is 8.28. The van der Waals surface area contributed by atoms with Gasteiger partial charge in [-0.1, -0.05) is 24.6 Å². The average Bonchev–Trinajstić information content (AvgIpc) is 2.16. The number of nitro benzene ring substituents is 1. The Morgan fingerprint density at radius 2 is 2.21 bits per heavy atom. The first kappa shape index (κ1) is 10.4. The molecule has 0 fully saturated rings. The van der Waals surface area contributed by atoms with Gasteiger partial charge in [-0.2, -0.15) is 0 Å². The molecule has 3 heteroatoms. The smallest absolute Gasteiger partial charge is 0.258 e. The highest BCUT2D eigenvalue weighted by atomic mass is 16.6. The van der Waals surface area contributed by atoms with Crippen LogP contribution in [0.25, 0.3) is 0 Å². The maximum Gasteiger partial charge on any atom is 0.273 e. The minimum atomic E-state index is -0.373. The van der Waals surface area contributed by atoms with Crippen LogP contribution < -0.4 is 0 Å². The van der Waals surface area contributed by atoms with E-state index in [0.717, 1.165) is 11.5 Å². The molecule has 1 aromatic carbocycles. The Morgan fingerprint density at radius 3 is 2.71 bits per heavy atom. The van der Waals surface area contributed by atoms with Crippen LogP contribution in [-0.4, -0.2) is 4.92 Å². The molecule has 0 aromatic heterocycles. The molecule has 0 atom stereocenters. The molecule has 73 valence electrons. The molecule has 0 unspecified atom stereocenters. The maximum absolute atomic E-state index is 10.7. The number of nitrogens with zero attached hydrogens (tertiary/aromatic N) is 1. The zero-order chi connectivity index (χ0) is 10.7. The van der Waals surface area contributed by atoms with Crippen molar-refractivity contribution in [2.24, 2.45) is 0 Å². The molecule has 0 aliphatic carbocycles. The van der Waals surface area contributed by atoms with Gasteiger partial charge < -0.3 is 0 Å². The normalized spacial score (nSPS) is 10.2. The van der Waals surface area contributed by atoms with E-state index < -0.39 is 0 Å². The van der Waals surface area contributed by atoms with Crippen molar-refractivity contribution in [1.82, 2.24) is 0 Å². The second kappa shape index (κ2) is 4.05. The van der Waals surface area contributed by atoms with Crippen molar-refractivity contribution in [3.63, 3.8) is 0 Å². The van der Waals surface area contributed by atoms with Crippen molar-refractivity contribution in [3.05, 3.63) is 58.0 Å². The Morgan fingerprint density at radius 1 is 1.57 bits per heavy atom. The third-order valence-corrected chi connectivity index (χ3v) is 2.08. The van der Waals surface area contributed by atoms with Crippen molar-refractivity contribution in [2.45, 2.75) is 13.8 Å². The van der Waals surface area contributed by atoms with Gasteiger partial charge in [0.05, 0.1) is 4.92 Å². The fourth-order valence-corrected chi connectivity index (χ4v) is 1.23. The average molecular weight is 190 g/mol. The molecule has 0 aliphatic rings. The lowest BCUT2D eigenvalue weighted by molar-refractivity contribution is -0.385. The molecule has 0 saturated carbocycles. The van der Waals surface area contributed by atoms with Gasteiger partial charge in [-0.05, 0) is 13.0 Å². The van der Waals surface area contributed by atoms with Crippen molar-refractivity contribution < 1.29 is 4.92 Å². The first-order valence-electron chi connectivity index (χ1n) is 4.27. The summed E-state index contributed by atoms with van der Waals surface area (Å²) in [7, 11) is 0. The number of rotatable bonds is 3. The highest BCUT2D eigenvalue weighted by Gasteiger charge is 2.16. The van der Waals surface area contributed by atoms with Crippen LogP contribution in [0.15, 0.2) is 30.9 Å². The highest BCUT2D eigenvalue weighted by molar-refractivity contribution is 5.52. The SMILES string of the molecule is C=C[C](C)c1cc(C)ccc1[N+](=O)[O-]. The molecular formula is C11H12NO2. The van der Waals surface area contributed by atoms with Gasteiger partial charge in [-0.3, -0.25) is 10.1 Å². The van der Waals surface area contributed by atoms with Crippen LogP contribution in [0.5, 0.6) is 0 Å². The van der Waals surface area contributed by atoms with E-state index in [2.05, 4.69) is 6.58 Å². The summed E-state index contributed by atoms with van der Waals surface area (Å²) in [6.07, 6.45) is 1.63. The van der Waals surface area contributed by atoms with E-state index in [0.29, 0.717) is 5.56 Å². The molecule has 14 heavy (non-hydrogen) atoms. The van der Waals surface area contributed by atoms with Crippen LogP contribution in [0.3, 0.4) is 0 Å². The Kier molecular flexibility index (Phi) is 3.02. The Labute approximate surface area is 83.2 Å². The van der Waals surface area contributed by atoms with Gasteiger partial charge in [0.25, 0.3) is 5.69 Å². The first-order valence-corrected chi connectivity index (χ1v) is 4.27. The standard InChI is InChI=1S/C11H12NO2/c1-4-9(3)10-7-8(2)5-6-11(10)12(13)14/h4-7H,1H2,2-3H3. The Hall–Kier alpha value is -1.64. The van der Waals surface area contributed by atoms with Crippen LogP contribution in [-0.2, 0) is 0 Å². The minimum absolute atomic E-state index is 0.132. The van der Waals surface area contributed by atoms with Crippen molar-refractivity contribution in [2.75, 3.05) is 0 Å². The lowest BCUT2D eigenvalue weighted by atomic mass is 9.97. The second-order valence-electron chi connectivity index (χ2n) is 3.16. The van der Waals surface area contributed by atoms with Gasteiger partial charge in [-0.25, -0.2) is 0 Å². The highest BCUT2D eigenvalue weighted by Crippen LogP contribution is 2.27. The minimum Gasteiger partial charge on any atom is -0.258 e. The van der Waals surface area contributed by atoms with Gasteiger partial charge in [0.1, 0.15) is 0 Å².